The third-order valence-electron chi connectivity index (χ3n) is 13.2. The first kappa shape index (κ1) is 58.4. The minimum Gasteiger partial charge on any atom is -0.385 e. The van der Waals surface area contributed by atoms with Crippen molar-refractivity contribution in [3.8, 4) is 0 Å². The van der Waals surface area contributed by atoms with Crippen LogP contribution in [0.5, 0.6) is 0 Å². The van der Waals surface area contributed by atoms with Gasteiger partial charge in [-0.3, -0.25) is 4.79 Å². The van der Waals surface area contributed by atoms with E-state index in [1.807, 2.05) is 60.7 Å². The maximum Gasteiger partial charge on any atom is 1.00 e. The molecule has 7 rings (SSSR count). The van der Waals surface area contributed by atoms with E-state index >= 15 is 0 Å². The summed E-state index contributed by atoms with van der Waals surface area (Å²) in [4.78, 5) is 11.2. The molecule has 2 nitrogen and oxygen atoms in total. The third-order valence-corrected chi connectivity index (χ3v) is 15.3. The Balaban J connectivity index is 0.000000420. The van der Waals surface area contributed by atoms with Crippen molar-refractivity contribution in [3.05, 3.63) is 109 Å². The molecule has 8 heteroatoms. The van der Waals surface area contributed by atoms with Gasteiger partial charge in [-0.25, -0.2) is 0 Å². The van der Waals surface area contributed by atoms with Crippen molar-refractivity contribution in [2.45, 2.75) is 168 Å². The van der Waals surface area contributed by atoms with Crippen molar-refractivity contribution in [2.75, 3.05) is 0 Å². The largest absolute Gasteiger partial charge is 1.00 e. The molecule has 60 heavy (non-hydrogen) atoms. The van der Waals surface area contributed by atoms with Crippen molar-refractivity contribution in [1.82, 2.24) is 0 Å². The Bertz CT molecular complexity index is 1450. The van der Waals surface area contributed by atoms with E-state index in [-0.39, 0.29) is 37.7 Å². The molecule has 4 aliphatic carbocycles. The molecule has 0 unspecified atom stereocenters. The summed E-state index contributed by atoms with van der Waals surface area (Å²) in [5, 5.41) is 11.0. The Morgan fingerprint density at radius 2 is 0.883 bits per heavy atom. The number of halogens is 4. The van der Waals surface area contributed by atoms with Crippen LogP contribution in [0.4, 0.5) is 0 Å². The van der Waals surface area contributed by atoms with Gasteiger partial charge in [0.25, 0.3) is 0 Å². The maximum atomic E-state index is 11.2. The van der Waals surface area contributed by atoms with Crippen molar-refractivity contribution in [2.24, 2.45) is 35.5 Å². The fourth-order valence-electron chi connectivity index (χ4n) is 9.58. The summed E-state index contributed by atoms with van der Waals surface area (Å²) in [6, 6.07) is 26.8. The molecule has 0 saturated heterocycles. The zero-order valence-electron chi connectivity index (χ0n) is 38.0. The molecule has 324 valence electrons. The first-order valence-electron chi connectivity index (χ1n) is 22.8. The first-order chi connectivity index (χ1) is 28.0. The van der Waals surface area contributed by atoms with Gasteiger partial charge in [-0.2, -0.15) is 36.8 Å². The van der Waals surface area contributed by atoms with Gasteiger partial charge in [0.1, 0.15) is 5.78 Å². The van der Waals surface area contributed by atoms with Gasteiger partial charge in [-0.1, -0.05) is 159 Å². The summed E-state index contributed by atoms with van der Waals surface area (Å²) in [7, 11) is 0. The predicted molar refractivity (Wildman–Crippen MR) is 263 cm³/mol. The van der Waals surface area contributed by atoms with Gasteiger partial charge in [-0.15, -0.1) is 0 Å². The number of carbonyl (C=O) groups is 1. The Kier molecular flexibility index (Phi) is 32.9. The third kappa shape index (κ3) is 23.0. The smallest absolute Gasteiger partial charge is 0.385 e. The van der Waals surface area contributed by atoms with Crippen LogP contribution in [-0.4, -0.2) is 10.9 Å². The Morgan fingerprint density at radius 1 is 0.550 bits per heavy atom. The van der Waals surface area contributed by atoms with E-state index in [0.29, 0.717) is 5.78 Å². The number of benzene rings is 3. The molecule has 0 aliphatic heterocycles. The number of unbranched alkanes of at least 4 members (excludes halogenated alkanes) is 1. The molecule has 4 aliphatic rings. The summed E-state index contributed by atoms with van der Waals surface area (Å²) in [6.07, 6.45) is 27.9. The summed E-state index contributed by atoms with van der Waals surface area (Å²) < 4.78 is 4.41. The van der Waals surface area contributed by atoms with Crippen LogP contribution in [0.25, 0.3) is 0 Å². The topological polar surface area (TPSA) is 37.3 Å². The van der Waals surface area contributed by atoms with Gasteiger partial charge in [0.2, 0.25) is 0 Å². The molecule has 0 radical (unpaired) electrons. The number of carbonyl (C=O) groups excluding carboxylic acids is 1. The van der Waals surface area contributed by atoms with Crippen LogP contribution in [0.2, 0.25) is 0 Å². The Morgan fingerprint density at radius 3 is 1.22 bits per heavy atom. The number of rotatable bonds is 8. The fourth-order valence-corrected chi connectivity index (χ4v) is 10.6. The van der Waals surface area contributed by atoms with Crippen LogP contribution in [0.3, 0.4) is 0 Å². The average Bonchev–Trinajstić information content (AvgIpc) is 3.25. The summed E-state index contributed by atoms with van der Waals surface area (Å²) >= 11 is 13.4. The molecular formula is C52H74Br4Li2O2. The van der Waals surface area contributed by atoms with Gasteiger partial charge in [-0.05, 0) is 142 Å². The molecule has 0 atom stereocenters. The minimum atomic E-state index is -0.587. The van der Waals surface area contributed by atoms with E-state index in [1.54, 1.807) is 0 Å². The van der Waals surface area contributed by atoms with Crippen molar-refractivity contribution in [3.63, 3.8) is 0 Å². The molecular weight excluding hydrogens is 990 g/mol. The second kappa shape index (κ2) is 33.8. The molecule has 0 amide bonds. The monoisotopic (exact) mass is 1060 g/mol. The minimum absolute atomic E-state index is 0. The Labute approximate surface area is 425 Å². The van der Waals surface area contributed by atoms with E-state index in [2.05, 4.69) is 110 Å². The van der Waals surface area contributed by atoms with E-state index in [9.17, 15) is 9.90 Å². The van der Waals surface area contributed by atoms with Crippen LogP contribution in [-0.2, 0) is 10.4 Å². The van der Waals surface area contributed by atoms with Crippen molar-refractivity contribution < 1.29 is 47.6 Å². The van der Waals surface area contributed by atoms with Crippen molar-refractivity contribution in [1.29, 1.82) is 0 Å². The molecule has 0 heterocycles. The molecule has 3 aromatic rings. The summed E-state index contributed by atoms with van der Waals surface area (Å²) in [6.45, 7) is 10.3. The van der Waals surface area contributed by atoms with Gasteiger partial charge in [0, 0.05) is 26.3 Å². The zero-order chi connectivity index (χ0) is 42.2. The van der Waals surface area contributed by atoms with Gasteiger partial charge in [0.05, 0.1) is 5.60 Å². The van der Waals surface area contributed by atoms with Gasteiger partial charge in [0.15, 0.2) is 0 Å². The first-order valence-corrected chi connectivity index (χ1v) is 26.0. The van der Waals surface area contributed by atoms with Crippen LogP contribution >= 0.6 is 63.7 Å². The van der Waals surface area contributed by atoms with E-state index in [4.69, 9.17) is 0 Å². The number of hydrogen-bond acceptors (Lipinski definition) is 2. The van der Waals surface area contributed by atoms with E-state index in [0.717, 1.165) is 91.1 Å². The molecule has 0 bridgehead atoms. The number of Topliss-reactive ketones (excluding diaryl/α,β-unsaturated/α-hetero) is 1. The van der Waals surface area contributed by atoms with Crippen LogP contribution in [0.1, 0.15) is 168 Å². The normalized spacial score (nSPS) is 25.0. The summed E-state index contributed by atoms with van der Waals surface area (Å²) in [5.41, 5.74) is 0.516. The van der Waals surface area contributed by atoms with Crippen molar-refractivity contribution >= 4 is 69.5 Å². The van der Waals surface area contributed by atoms with Crippen LogP contribution in [0.15, 0.2) is 90.7 Å². The van der Waals surface area contributed by atoms with Gasteiger partial charge < -0.3 is 12.0 Å². The van der Waals surface area contributed by atoms with Crippen LogP contribution in [0, 0.1) is 48.5 Å². The molecule has 3 aromatic carbocycles. The van der Waals surface area contributed by atoms with Crippen LogP contribution < -0.4 is 37.7 Å². The average molecular weight is 1060 g/mol. The quantitative estimate of drug-likeness (QED) is 0.180. The Hall–Kier alpha value is 0.405. The fraction of sp³-hybridized carbons (Fsp3) is 0.615. The number of ketones is 1. The van der Waals surface area contributed by atoms with E-state index < -0.39 is 5.60 Å². The van der Waals surface area contributed by atoms with Gasteiger partial charge >= 0.3 is 37.7 Å². The molecule has 1 N–H and O–H groups in total. The molecule has 4 fully saturated rings. The maximum absolute atomic E-state index is 11.2. The second-order valence-electron chi connectivity index (χ2n) is 17.4. The second-order valence-corrected chi connectivity index (χ2v) is 21.1. The molecule has 4 saturated carbocycles. The number of aliphatic hydroxyl groups is 1. The standard InChI is InChI=1S/C21H31BrO.C15H26O.C6H4Br2.C6H4Br.C4H9.2Li/c1-2-3-16-4-6-17(7-5-16)18-12-14-21(23,15-13-18)19-8-10-20(22)11-9-19;1-2-3-12-4-6-13(7-5-12)14-8-10-15(16)11-9-14;7-5-1-2-6(8)4-3-5;7-6-4-2-1-3-5-6;1-3-4-2;;/h8-11,16-18,23H,2-7,12-15H2,1H3;12-14H,2-11H2,1H3;1-4H;2-5H;1,3-4H2,2H3;;/q;;;2*-1;2*+1. The SMILES string of the molecule is Brc1cc[c-]cc1.Brc1ccc(Br)cc1.CCCC1CCC(C2CCC(=O)CC2)CC1.CCCC1CCC(C2CCC(O)(c3ccc(Br)cc3)CC2)CC1.[CH2-]CCC.[Li+].[Li+]. The van der Waals surface area contributed by atoms with E-state index in [1.165, 1.54) is 109 Å². The molecule has 0 spiro atoms. The summed E-state index contributed by atoms with van der Waals surface area (Å²) in [5.74, 6) is 6.16. The number of hydrogen-bond donors (Lipinski definition) is 1. The predicted octanol–water partition coefficient (Wildman–Crippen LogP) is 11.9. The molecule has 0 aromatic heterocycles. The zero-order valence-corrected chi connectivity index (χ0v) is 44.4.